The number of hydrogen-bond donors (Lipinski definition) is 1. The van der Waals surface area contributed by atoms with Crippen molar-refractivity contribution in [3.63, 3.8) is 0 Å². The van der Waals surface area contributed by atoms with Gasteiger partial charge in [-0.15, -0.1) is 0 Å². The second-order valence-corrected chi connectivity index (χ2v) is 9.26. The van der Waals surface area contributed by atoms with E-state index >= 15 is 0 Å². The Labute approximate surface area is 170 Å². The van der Waals surface area contributed by atoms with E-state index in [-0.39, 0.29) is 29.4 Å². The summed E-state index contributed by atoms with van der Waals surface area (Å²) < 4.78 is 27.2. The van der Waals surface area contributed by atoms with Gasteiger partial charge in [-0.3, -0.25) is 9.78 Å². The van der Waals surface area contributed by atoms with Crippen molar-refractivity contribution in [2.24, 2.45) is 0 Å². The van der Waals surface area contributed by atoms with Crippen molar-refractivity contribution in [3.05, 3.63) is 72.6 Å². The third-order valence-electron chi connectivity index (χ3n) is 5.15. The molecule has 0 aliphatic heterocycles. The molecule has 29 heavy (non-hydrogen) atoms. The van der Waals surface area contributed by atoms with Crippen LogP contribution in [0.15, 0.2) is 71.9 Å². The monoisotopic (exact) mass is 409 g/mol. The number of amides is 1. The van der Waals surface area contributed by atoms with Gasteiger partial charge < -0.3 is 5.32 Å². The molecule has 1 fully saturated rings. The van der Waals surface area contributed by atoms with Crippen LogP contribution in [0.2, 0.25) is 0 Å². The standard InChI is InChI=1S/C22H23N3O3S/c1-16(18-9-8-17-5-2-3-6-19(17)13-18)24-22(26)15-25(20-10-11-20)29(27,28)21-7-4-12-23-14-21/h2-9,12-14,16,20H,10-11,15H2,1H3,(H,24,26)/t16-/m1/s1. The molecule has 0 saturated heterocycles. The molecular formula is C22H23N3O3S. The number of hydrogen-bond acceptors (Lipinski definition) is 4. The van der Waals surface area contributed by atoms with Crippen LogP contribution in [0.3, 0.4) is 0 Å². The van der Waals surface area contributed by atoms with Gasteiger partial charge >= 0.3 is 0 Å². The average Bonchev–Trinajstić information content (AvgIpc) is 3.57. The van der Waals surface area contributed by atoms with Gasteiger partial charge in [0.15, 0.2) is 0 Å². The Balaban J connectivity index is 1.48. The first-order valence-electron chi connectivity index (χ1n) is 9.65. The van der Waals surface area contributed by atoms with E-state index in [1.165, 1.54) is 22.8 Å². The first kappa shape index (κ1) is 19.5. The molecule has 1 aliphatic rings. The second kappa shape index (κ2) is 7.93. The number of rotatable bonds is 7. The number of nitrogens with one attached hydrogen (secondary N) is 1. The maximum absolute atomic E-state index is 13.0. The molecule has 0 unspecified atom stereocenters. The lowest BCUT2D eigenvalue weighted by Crippen LogP contribution is -2.42. The fourth-order valence-electron chi connectivity index (χ4n) is 3.40. The minimum absolute atomic E-state index is 0.113. The predicted molar refractivity (Wildman–Crippen MR) is 112 cm³/mol. The summed E-state index contributed by atoms with van der Waals surface area (Å²) in [4.78, 5) is 16.7. The van der Waals surface area contributed by atoms with Gasteiger partial charge in [-0.1, -0.05) is 36.4 Å². The molecule has 150 valence electrons. The maximum Gasteiger partial charge on any atom is 0.245 e. The van der Waals surface area contributed by atoms with Gasteiger partial charge in [0.1, 0.15) is 4.90 Å². The summed E-state index contributed by atoms with van der Waals surface area (Å²) in [6.07, 6.45) is 4.39. The molecule has 1 amide bonds. The van der Waals surface area contributed by atoms with Crippen LogP contribution in [-0.2, 0) is 14.8 Å². The minimum atomic E-state index is -3.75. The molecule has 0 spiro atoms. The Morgan fingerprint density at radius 1 is 1.14 bits per heavy atom. The predicted octanol–water partition coefficient (Wildman–Crippen LogP) is 3.27. The van der Waals surface area contributed by atoms with Crippen LogP contribution >= 0.6 is 0 Å². The van der Waals surface area contributed by atoms with Crippen LogP contribution in [0.5, 0.6) is 0 Å². The highest BCUT2D eigenvalue weighted by molar-refractivity contribution is 7.89. The lowest BCUT2D eigenvalue weighted by Gasteiger charge is -2.23. The number of carbonyl (C=O) groups excluding carboxylic acids is 1. The summed E-state index contributed by atoms with van der Waals surface area (Å²) >= 11 is 0. The number of nitrogens with zero attached hydrogens (tertiary/aromatic N) is 2. The fourth-order valence-corrected chi connectivity index (χ4v) is 5.00. The van der Waals surface area contributed by atoms with Crippen molar-refractivity contribution >= 4 is 26.7 Å². The topological polar surface area (TPSA) is 79.4 Å². The van der Waals surface area contributed by atoms with Gasteiger partial charge in [-0.05, 0) is 54.3 Å². The SMILES string of the molecule is C[C@@H](NC(=O)CN(C1CC1)S(=O)(=O)c1cccnc1)c1ccc2ccccc2c1. The van der Waals surface area contributed by atoms with E-state index in [1.54, 1.807) is 6.07 Å². The van der Waals surface area contributed by atoms with Gasteiger partial charge in [0.05, 0.1) is 12.6 Å². The first-order valence-corrected chi connectivity index (χ1v) is 11.1. The first-order chi connectivity index (χ1) is 13.9. The summed E-state index contributed by atoms with van der Waals surface area (Å²) in [6.45, 7) is 1.71. The van der Waals surface area contributed by atoms with E-state index in [4.69, 9.17) is 0 Å². The van der Waals surface area contributed by atoms with Crippen molar-refractivity contribution in [2.75, 3.05) is 6.54 Å². The lowest BCUT2D eigenvalue weighted by atomic mass is 10.0. The molecule has 1 aromatic heterocycles. The zero-order chi connectivity index (χ0) is 20.4. The van der Waals surface area contributed by atoms with Crippen molar-refractivity contribution in [2.45, 2.75) is 36.7 Å². The number of aromatic nitrogens is 1. The smallest absolute Gasteiger partial charge is 0.245 e. The molecule has 6 nitrogen and oxygen atoms in total. The number of fused-ring (bicyclic) bond motifs is 1. The normalized spacial score (nSPS) is 15.4. The van der Waals surface area contributed by atoms with Crippen LogP contribution in [0.1, 0.15) is 31.4 Å². The molecule has 0 bridgehead atoms. The molecule has 7 heteroatoms. The number of sulfonamides is 1. The molecule has 1 aliphatic carbocycles. The second-order valence-electron chi connectivity index (χ2n) is 7.37. The Kier molecular flexibility index (Phi) is 5.34. The minimum Gasteiger partial charge on any atom is -0.348 e. The van der Waals surface area contributed by atoms with Crippen molar-refractivity contribution in [1.82, 2.24) is 14.6 Å². The maximum atomic E-state index is 13.0. The highest BCUT2D eigenvalue weighted by atomic mass is 32.2. The fraction of sp³-hybridized carbons (Fsp3) is 0.273. The van der Waals surface area contributed by atoms with Crippen LogP contribution in [0.25, 0.3) is 10.8 Å². The summed E-state index contributed by atoms with van der Waals surface area (Å²) in [5, 5.41) is 5.17. The molecule has 0 radical (unpaired) electrons. The zero-order valence-corrected chi connectivity index (χ0v) is 17.0. The molecule has 1 N–H and O–H groups in total. The third-order valence-corrected chi connectivity index (χ3v) is 7.03. The zero-order valence-electron chi connectivity index (χ0n) is 16.2. The van der Waals surface area contributed by atoms with Crippen LogP contribution < -0.4 is 5.32 Å². The number of pyridine rings is 1. The molecule has 3 aromatic rings. The highest BCUT2D eigenvalue weighted by Crippen LogP contribution is 2.31. The Hall–Kier alpha value is -2.77. The molecule has 4 rings (SSSR count). The van der Waals surface area contributed by atoms with Gasteiger partial charge in [0.2, 0.25) is 15.9 Å². The van der Waals surface area contributed by atoms with E-state index < -0.39 is 10.0 Å². The number of benzene rings is 2. The molecule has 1 heterocycles. The van der Waals surface area contributed by atoms with E-state index in [1.807, 2.05) is 49.4 Å². The van der Waals surface area contributed by atoms with Crippen molar-refractivity contribution in [1.29, 1.82) is 0 Å². The Morgan fingerprint density at radius 2 is 1.90 bits per heavy atom. The van der Waals surface area contributed by atoms with Gasteiger partial charge in [-0.25, -0.2) is 8.42 Å². The van der Waals surface area contributed by atoms with Crippen molar-refractivity contribution in [3.8, 4) is 0 Å². The molecule has 1 saturated carbocycles. The number of carbonyl (C=O) groups is 1. The summed E-state index contributed by atoms with van der Waals surface area (Å²) in [7, 11) is -3.75. The Morgan fingerprint density at radius 3 is 2.59 bits per heavy atom. The van der Waals surface area contributed by atoms with E-state index in [2.05, 4.69) is 10.3 Å². The molecule has 2 aromatic carbocycles. The highest BCUT2D eigenvalue weighted by Gasteiger charge is 2.39. The van der Waals surface area contributed by atoms with E-state index in [0.717, 1.165) is 29.2 Å². The van der Waals surface area contributed by atoms with Crippen LogP contribution in [0, 0.1) is 0 Å². The van der Waals surface area contributed by atoms with Crippen LogP contribution in [0.4, 0.5) is 0 Å². The van der Waals surface area contributed by atoms with E-state index in [9.17, 15) is 13.2 Å². The van der Waals surface area contributed by atoms with Gasteiger partial charge in [0.25, 0.3) is 0 Å². The lowest BCUT2D eigenvalue weighted by molar-refractivity contribution is -0.122. The molecular weight excluding hydrogens is 386 g/mol. The summed E-state index contributed by atoms with van der Waals surface area (Å²) in [5.74, 6) is -0.315. The summed E-state index contributed by atoms with van der Waals surface area (Å²) in [6, 6.07) is 16.8. The van der Waals surface area contributed by atoms with Crippen molar-refractivity contribution < 1.29 is 13.2 Å². The van der Waals surface area contributed by atoms with Gasteiger partial charge in [0, 0.05) is 18.4 Å². The average molecular weight is 410 g/mol. The van der Waals surface area contributed by atoms with Crippen LogP contribution in [-0.4, -0.2) is 36.2 Å². The van der Waals surface area contributed by atoms with E-state index in [0.29, 0.717) is 0 Å². The third kappa shape index (κ3) is 4.31. The van der Waals surface area contributed by atoms with Gasteiger partial charge in [-0.2, -0.15) is 4.31 Å². The largest absolute Gasteiger partial charge is 0.348 e. The Bertz CT molecular complexity index is 1130. The summed E-state index contributed by atoms with van der Waals surface area (Å²) in [5.41, 5.74) is 0.977. The quantitative estimate of drug-likeness (QED) is 0.650. The molecule has 1 atom stereocenters.